The van der Waals surface area contributed by atoms with Gasteiger partial charge in [0.25, 0.3) is 5.91 Å². The molecule has 2 aromatic rings. The van der Waals surface area contributed by atoms with Crippen molar-refractivity contribution in [1.82, 2.24) is 0 Å². The van der Waals surface area contributed by atoms with Crippen LogP contribution >= 0.6 is 15.9 Å². The Morgan fingerprint density at radius 3 is 2.54 bits per heavy atom. The third kappa shape index (κ3) is 5.64. The van der Waals surface area contributed by atoms with Gasteiger partial charge < -0.3 is 15.2 Å². The van der Waals surface area contributed by atoms with E-state index in [1.165, 1.54) is 6.07 Å². The molecule has 6 heteroatoms. The molecule has 0 unspecified atom stereocenters. The Morgan fingerprint density at radius 1 is 1.15 bits per heavy atom. The highest BCUT2D eigenvalue weighted by Crippen LogP contribution is 2.22. The van der Waals surface area contributed by atoms with Gasteiger partial charge in [-0.2, -0.15) is 0 Å². The number of amides is 1. The number of rotatable bonds is 6. The van der Waals surface area contributed by atoms with E-state index in [9.17, 15) is 14.7 Å². The lowest BCUT2D eigenvalue weighted by Crippen LogP contribution is -2.14. The quantitative estimate of drug-likeness (QED) is 0.534. The van der Waals surface area contributed by atoms with Gasteiger partial charge in [0.05, 0.1) is 17.9 Å². The van der Waals surface area contributed by atoms with Crippen molar-refractivity contribution < 1.29 is 19.4 Å². The molecule has 0 atom stereocenters. The van der Waals surface area contributed by atoms with Gasteiger partial charge in [-0.25, -0.2) is 4.79 Å². The topological polar surface area (TPSA) is 75.6 Å². The maximum atomic E-state index is 12.3. The Balaban J connectivity index is 2.01. The number of carbonyl (C=O) groups is 2. The summed E-state index contributed by atoms with van der Waals surface area (Å²) < 4.78 is 6.18. The standard InChI is InChI=1S/C20H18BrNO4/c1-2-3-4-5-12-26-16-9-6-14(7-10-16)19(23)22-18-11-8-15(21)13-17(18)20(24)25/h6-11,13H,2,5,12H2,1H3,(H,22,23)(H,24,25). The van der Waals surface area contributed by atoms with Crippen LogP contribution in [0.4, 0.5) is 5.69 Å². The highest BCUT2D eigenvalue weighted by molar-refractivity contribution is 9.10. The molecule has 0 saturated carbocycles. The third-order valence-corrected chi connectivity index (χ3v) is 3.87. The summed E-state index contributed by atoms with van der Waals surface area (Å²) in [6.07, 6.45) is 1.48. The summed E-state index contributed by atoms with van der Waals surface area (Å²) in [5.74, 6) is 5.10. The minimum absolute atomic E-state index is 0.0147. The van der Waals surface area contributed by atoms with Crippen LogP contribution in [0.5, 0.6) is 5.75 Å². The molecule has 0 aliphatic heterocycles. The molecule has 0 saturated heterocycles. The highest BCUT2D eigenvalue weighted by Gasteiger charge is 2.14. The zero-order valence-corrected chi connectivity index (χ0v) is 15.8. The molecule has 0 aliphatic carbocycles. The van der Waals surface area contributed by atoms with Crippen LogP contribution in [-0.4, -0.2) is 23.6 Å². The van der Waals surface area contributed by atoms with Gasteiger partial charge in [-0.05, 0) is 42.5 Å². The molecule has 0 bridgehead atoms. The van der Waals surface area contributed by atoms with Crippen molar-refractivity contribution in [2.24, 2.45) is 0 Å². The Labute approximate surface area is 160 Å². The largest absolute Gasteiger partial charge is 0.493 e. The molecule has 0 heterocycles. The molecule has 5 nitrogen and oxygen atoms in total. The Morgan fingerprint density at radius 2 is 1.88 bits per heavy atom. The second kappa shape index (κ2) is 9.64. The van der Waals surface area contributed by atoms with Crippen molar-refractivity contribution in [2.75, 3.05) is 11.9 Å². The predicted octanol–water partition coefficient (Wildman–Crippen LogP) is 4.58. The SMILES string of the molecule is CCC#CCCOc1ccc(C(=O)Nc2ccc(Br)cc2C(=O)O)cc1. The molecule has 134 valence electrons. The first-order valence-electron chi connectivity index (χ1n) is 8.04. The Kier molecular flexibility index (Phi) is 7.24. The number of nitrogens with one attached hydrogen (secondary N) is 1. The van der Waals surface area contributed by atoms with E-state index >= 15 is 0 Å². The van der Waals surface area contributed by atoms with Gasteiger partial charge in [-0.1, -0.05) is 28.8 Å². The van der Waals surface area contributed by atoms with Gasteiger partial charge in [-0.15, -0.1) is 5.92 Å². The van der Waals surface area contributed by atoms with Crippen LogP contribution in [0.25, 0.3) is 0 Å². The molecule has 0 fully saturated rings. The van der Waals surface area contributed by atoms with Crippen molar-refractivity contribution in [1.29, 1.82) is 0 Å². The maximum Gasteiger partial charge on any atom is 0.337 e. The molecule has 2 N–H and O–H groups in total. The summed E-state index contributed by atoms with van der Waals surface area (Å²) in [5, 5.41) is 11.9. The minimum Gasteiger partial charge on any atom is -0.493 e. The Hall–Kier alpha value is -2.78. The van der Waals surface area contributed by atoms with E-state index in [1.807, 2.05) is 6.92 Å². The molecule has 26 heavy (non-hydrogen) atoms. The number of carboxylic acids is 1. The van der Waals surface area contributed by atoms with Crippen molar-refractivity contribution in [3.63, 3.8) is 0 Å². The van der Waals surface area contributed by atoms with Crippen LogP contribution in [-0.2, 0) is 0 Å². The van der Waals surface area contributed by atoms with Crippen LogP contribution in [0.2, 0.25) is 0 Å². The van der Waals surface area contributed by atoms with E-state index in [1.54, 1.807) is 36.4 Å². The van der Waals surface area contributed by atoms with Crippen LogP contribution in [0.3, 0.4) is 0 Å². The number of hydrogen-bond donors (Lipinski definition) is 2. The molecular formula is C20H18BrNO4. The summed E-state index contributed by atoms with van der Waals surface area (Å²) in [5.41, 5.74) is 0.656. The first-order chi connectivity index (χ1) is 12.5. The number of hydrogen-bond acceptors (Lipinski definition) is 3. The fraction of sp³-hybridized carbons (Fsp3) is 0.200. The minimum atomic E-state index is -1.11. The van der Waals surface area contributed by atoms with Crippen LogP contribution < -0.4 is 10.1 Å². The molecule has 0 radical (unpaired) electrons. The Bertz CT molecular complexity index is 850. The average molecular weight is 416 g/mol. The number of carboxylic acid groups (broad SMARTS) is 1. The average Bonchev–Trinajstić information content (AvgIpc) is 2.63. The van der Waals surface area contributed by atoms with Crippen LogP contribution in [0, 0.1) is 11.8 Å². The van der Waals surface area contributed by atoms with Gasteiger partial charge in [0.2, 0.25) is 0 Å². The monoisotopic (exact) mass is 415 g/mol. The van der Waals surface area contributed by atoms with Crippen molar-refractivity contribution in [3.05, 3.63) is 58.1 Å². The van der Waals surface area contributed by atoms with Gasteiger partial charge >= 0.3 is 5.97 Å². The first-order valence-corrected chi connectivity index (χ1v) is 8.83. The summed E-state index contributed by atoms with van der Waals surface area (Å²) >= 11 is 3.22. The van der Waals surface area contributed by atoms with Crippen molar-refractivity contribution in [3.8, 4) is 17.6 Å². The second-order valence-electron chi connectivity index (χ2n) is 5.28. The normalized spacial score (nSPS) is 9.77. The number of ether oxygens (including phenoxy) is 1. The van der Waals surface area contributed by atoms with Gasteiger partial charge in [0.15, 0.2) is 0 Å². The van der Waals surface area contributed by atoms with Crippen molar-refractivity contribution in [2.45, 2.75) is 19.8 Å². The van der Waals surface area contributed by atoms with Gasteiger partial charge in [-0.3, -0.25) is 4.79 Å². The van der Waals surface area contributed by atoms with E-state index < -0.39 is 11.9 Å². The zero-order valence-electron chi connectivity index (χ0n) is 14.2. The van der Waals surface area contributed by atoms with Crippen molar-refractivity contribution >= 4 is 33.5 Å². The number of halogens is 1. The molecule has 0 aliphatic rings. The summed E-state index contributed by atoms with van der Waals surface area (Å²) in [7, 11) is 0. The first kappa shape index (κ1) is 19.5. The molecule has 2 rings (SSSR count). The van der Waals surface area contributed by atoms with E-state index in [4.69, 9.17) is 4.74 Å². The lowest BCUT2D eigenvalue weighted by atomic mass is 10.1. The highest BCUT2D eigenvalue weighted by atomic mass is 79.9. The molecule has 2 aromatic carbocycles. The third-order valence-electron chi connectivity index (χ3n) is 3.37. The lowest BCUT2D eigenvalue weighted by Gasteiger charge is -2.10. The molecule has 0 spiro atoms. The zero-order chi connectivity index (χ0) is 18.9. The van der Waals surface area contributed by atoms with Gasteiger partial charge in [0.1, 0.15) is 5.75 Å². The fourth-order valence-corrected chi connectivity index (χ4v) is 2.49. The van der Waals surface area contributed by atoms with Crippen LogP contribution in [0.1, 0.15) is 40.5 Å². The molecule has 0 aromatic heterocycles. The van der Waals surface area contributed by atoms with E-state index in [0.717, 1.165) is 6.42 Å². The number of benzene rings is 2. The summed E-state index contributed by atoms with van der Waals surface area (Å²) in [4.78, 5) is 23.6. The smallest absolute Gasteiger partial charge is 0.337 e. The predicted molar refractivity (Wildman–Crippen MR) is 104 cm³/mol. The maximum absolute atomic E-state index is 12.3. The lowest BCUT2D eigenvalue weighted by molar-refractivity contribution is 0.0698. The van der Waals surface area contributed by atoms with E-state index in [-0.39, 0.29) is 11.3 Å². The second-order valence-corrected chi connectivity index (χ2v) is 6.19. The number of anilines is 1. The van der Waals surface area contributed by atoms with E-state index in [2.05, 4.69) is 33.1 Å². The summed E-state index contributed by atoms with van der Waals surface area (Å²) in [6, 6.07) is 11.3. The molecular weight excluding hydrogens is 398 g/mol. The number of aromatic carboxylic acids is 1. The molecule has 1 amide bonds. The van der Waals surface area contributed by atoms with Gasteiger partial charge in [0, 0.05) is 22.9 Å². The summed E-state index contributed by atoms with van der Waals surface area (Å²) in [6.45, 7) is 2.48. The van der Waals surface area contributed by atoms with Crippen LogP contribution in [0.15, 0.2) is 46.9 Å². The van der Waals surface area contributed by atoms with E-state index in [0.29, 0.717) is 28.8 Å². The number of carbonyl (C=O) groups excluding carboxylic acids is 1. The fourth-order valence-electron chi connectivity index (χ4n) is 2.13.